The highest BCUT2D eigenvalue weighted by Gasteiger charge is 2.14. The van der Waals surface area contributed by atoms with E-state index in [2.05, 4.69) is 10.2 Å². The number of aryl methyl sites for hydroxylation is 1. The number of benzene rings is 1. The van der Waals surface area contributed by atoms with Crippen LogP contribution >= 0.6 is 0 Å². The standard InChI is InChI=1S/C11H11F2N3/c1-6-7(11(14)16-15-6)5-8-9(12)3-2-4-10(8)13/h2-4H,5H2,1H3,(H3,14,15,16). The van der Waals surface area contributed by atoms with Crippen LogP contribution in [0.5, 0.6) is 0 Å². The predicted molar refractivity (Wildman–Crippen MR) is 56.9 cm³/mol. The molecule has 0 amide bonds. The van der Waals surface area contributed by atoms with Crippen molar-refractivity contribution in [1.82, 2.24) is 10.2 Å². The summed E-state index contributed by atoms with van der Waals surface area (Å²) < 4.78 is 26.8. The quantitative estimate of drug-likeness (QED) is 0.819. The number of halogens is 2. The normalized spacial score (nSPS) is 10.7. The zero-order valence-corrected chi connectivity index (χ0v) is 8.72. The van der Waals surface area contributed by atoms with E-state index in [1.165, 1.54) is 18.2 Å². The maximum Gasteiger partial charge on any atom is 0.149 e. The second kappa shape index (κ2) is 3.92. The molecule has 3 nitrogen and oxygen atoms in total. The Bertz CT molecular complexity index is 480. The molecule has 0 spiro atoms. The van der Waals surface area contributed by atoms with Crippen molar-refractivity contribution in [2.75, 3.05) is 5.73 Å². The average molecular weight is 223 g/mol. The lowest BCUT2D eigenvalue weighted by atomic mass is 10.0. The Hall–Kier alpha value is -1.91. The van der Waals surface area contributed by atoms with Crippen molar-refractivity contribution in [3.63, 3.8) is 0 Å². The second-order valence-electron chi connectivity index (χ2n) is 3.59. The lowest BCUT2D eigenvalue weighted by Gasteiger charge is -2.04. The van der Waals surface area contributed by atoms with Gasteiger partial charge in [0.25, 0.3) is 0 Å². The van der Waals surface area contributed by atoms with Gasteiger partial charge in [0.1, 0.15) is 17.5 Å². The van der Waals surface area contributed by atoms with Crippen molar-refractivity contribution in [3.05, 3.63) is 46.7 Å². The van der Waals surface area contributed by atoms with E-state index in [0.29, 0.717) is 5.56 Å². The van der Waals surface area contributed by atoms with Crippen molar-refractivity contribution in [2.45, 2.75) is 13.3 Å². The van der Waals surface area contributed by atoms with E-state index in [0.717, 1.165) is 5.69 Å². The Labute approximate surface area is 91.3 Å². The molecule has 0 saturated carbocycles. The van der Waals surface area contributed by atoms with Gasteiger partial charge in [-0.15, -0.1) is 0 Å². The van der Waals surface area contributed by atoms with Gasteiger partial charge in [0.05, 0.1) is 0 Å². The summed E-state index contributed by atoms with van der Waals surface area (Å²) in [6.45, 7) is 1.76. The number of hydrogen-bond donors (Lipinski definition) is 2. The van der Waals surface area contributed by atoms with Crippen LogP contribution in [-0.2, 0) is 6.42 Å². The lowest BCUT2D eigenvalue weighted by molar-refractivity contribution is 0.561. The molecule has 0 atom stereocenters. The van der Waals surface area contributed by atoms with Crippen LogP contribution in [0, 0.1) is 18.6 Å². The molecule has 1 heterocycles. The fourth-order valence-electron chi connectivity index (χ4n) is 1.57. The largest absolute Gasteiger partial charge is 0.382 e. The van der Waals surface area contributed by atoms with E-state index in [9.17, 15) is 8.78 Å². The molecular formula is C11H11F2N3. The maximum absolute atomic E-state index is 13.4. The van der Waals surface area contributed by atoms with Gasteiger partial charge in [-0.25, -0.2) is 8.78 Å². The Morgan fingerprint density at radius 1 is 1.25 bits per heavy atom. The van der Waals surface area contributed by atoms with Crippen molar-refractivity contribution in [3.8, 4) is 0 Å². The number of nitrogens with two attached hydrogens (primary N) is 1. The molecule has 0 aliphatic heterocycles. The summed E-state index contributed by atoms with van der Waals surface area (Å²) in [5.74, 6) is -0.861. The summed E-state index contributed by atoms with van der Waals surface area (Å²) >= 11 is 0. The Kier molecular flexibility index (Phi) is 2.60. The minimum absolute atomic E-state index is 0.0127. The van der Waals surface area contributed by atoms with Gasteiger partial charge >= 0.3 is 0 Å². The highest BCUT2D eigenvalue weighted by atomic mass is 19.1. The Balaban J connectivity index is 2.41. The molecule has 0 saturated heterocycles. The van der Waals surface area contributed by atoms with E-state index in [4.69, 9.17) is 5.73 Å². The molecule has 0 aliphatic carbocycles. The molecule has 0 bridgehead atoms. The summed E-state index contributed by atoms with van der Waals surface area (Å²) in [7, 11) is 0. The van der Waals surface area contributed by atoms with Crippen LogP contribution in [0.2, 0.25) is 0 Å². The van der Waals surface area contributed by atoms with E-state index in [1.54, 1.807) is 6.92 Å². The minimum atomic E-state index is -0.569. The molecular weight excluding hydrogens is 212 g/mol. The van der Waals surface area contributed by atoms with Crippen molar-refractivity contribution in [1.29, 1.82) is 0 Å². The van der Waals surface area contributed by atoms with Gasteiger partial charge in [0, 0.05) is 23.2 Å². The van der Waals surface area contributed by atoms with Gasteiger partial charge in [-0.05, 0) is 19.1 Å². The van der Waals surface area contributed by atoms with Crippen molar-refractivity contribution in [2.24, 2.45) is 0 Å². The molecule has 1 aromatic heterocycles. The van der Waals surface area contributed by atoms with E-state index >= 15 is 0 Å². The van der Waals surface area contributed by atoms with Gasteiger partial charge in [0.2, 0.25) is 0 Å². The van der Waals surface area contributed by atoms with Gasteiger partial charge in [-0.1, -0.05) is 6.07 Å². The van der Waals surface area contributed by atoms with Gasteiger partial charge in [-0.3, -0.25) is 5.10 Å². The number of anilines is 1. The summed E-state index contributed by atoms with van der Waals surface area (Å²) in [6, 6.07) is 3.79. The Morgan fingerprint density at radius 3 is 2.38 bits per heavy atom. The first-order valence-electron chi connectivity index (χ1n) is 4.81. The fourth-order valence-corrected chi connectivity index (χ4v) is 1.57. The number of aromatic amines is 1. The first-order valence-corrected chi connectivity index (χ1v) is 4.81. The molecule has 2 aromatic rings. The SMILES string of the molecule is Cc1[nH]nc(N)c1Cc1c(F)cccc1F. The topological polar surface area (TPSA) is 54.7 Å². The molecule has 1 aromatic carbocycles. The van der Waals surface area contributed by atoms with Crippen molar-refractivity contribution >= 4 is 5.82 Å². The smallest absolute Gasteiger partial charge is 0.149 e. The van der Waals surface area contributed by atoms with E-state index in [1.807, 2.05) is 0 Å². The van der Waals surface area contributed by atoms with Crippen LogP contribution in [0.1, 0.15) is 16.8 Å². The van der Waals surface area contributed by atoms with Crippen LogP contribution in [0.15, 0.2) is 18.2 Å². The molecule has 5 heteroatoms. The number of nitrogen functional groups attached to an aromatic ring is 1. The van der Waals surface area contributed by atoms with Crippen LogP contribution in [0.3, 0.4) is 0 Å². The molecule has 3 N–H and O–H groups in total. The monoisotopic (exact) mass is 223 g/mol. The number of nitrogens with one attached hydrogen (secondary N) is 1. The molecule has 0 radical (unpaired) electrons. The minimum Gasteiger partial charge on any atom is -0.382 e. The number of nitrogens with zero attached hydrogens (tertiary/aromatic N) is 1. The summed E-state index contributed by atoms with van der Waals surface area (Å²) in [4.78, 5) is 0. The molecule has 0 aliphatic rings. The second-order valence-corrected chi connectivity index (χ2v) is 3.59. The molecule has 84 valence electrons. The summed E-state index contributed by atoms with van der Waals surface area (Å²) in [5, 5.41) is 6.46. The van der Waals surface area contributed by atoms with Gasteiger partial charge in [-0.2, -0.15) is 5.10 Å². The third kappa shape index (κ3) is 1.76. The summed E-state index contributed by atoms with van der Waals surface area (Å²) in [5.41, 5.74) is 6.97. The predicted octanol–water partition coefficient (Wildman–Crippen LogP) is 2.17. The van der Waals surface area contributed by atoms with Crippen molar-refractivity contribution < 1.29 is 8.78 Å². The molecule has 0 unspecified atom stereocenters. The number of H-pyrrole nitrogens is 1. The zero-order chi connectivity index (χ0) is 11.7. The van der Waals surface area contributed by atoms with Crippen LogP contribution in [0.4, 0.5) is 14.6 Å². The van der Waals surface area contributed by atoms with E-state index < -0.39 is 11.6 Å². The average Bonchev–Trinajstić information content (AvgIpc) is 2.54. The number of aromatic nitrogens is 2. The molecule has 0 fully saturated rings. The zero-order valence-electron chi connectivity index (χ0n) is 8.72. The van der Waals surface area contributed by atoms with Crippen LogP contribution < -0.4 is 5.73 Å². The highest BCUT2D eigenvalue weighted by Crippen LogP contribution is 2.21. The number of hydrogen-bond acceptors (Lipinski definition) is 2. The third-order valence-electron chi connectivity index (χ3n) is 2.52. The number of rotatable bonds is 2. The fraction of sp³-hybridized carbons (Fsp3) is 0.182. The Morgan fingerprint density at radius 2 is 1.88 bits per heavy atom. The third-order valence-corrected chi connectivity index (χ3v) is 2.52. The molecule has 16 heavy (non-hydrogen) atoms. The molecule has 2 rings (SSSR count). The lowest BCUT2D eigenvalue weighted by Crippen LogP contribution is -2.00. The first kappa shape index (κ1) is 10.6. The van der Waals surface area contributed by atoms with Crippen LogP contribution in [-0.4, -0.2) is 10.2 Å². The maximum atomic E-state index is 13.4. The first-order chi connectivity index (χ1) is 7.59. The van der Waals surface area contributed by atoms with Crippen LogP contribution in [0.25, 0.3) is 0 Å². The summed E-state index contributed by atoms with van der Waals surface area (Å²) in [6.07, 6.45) is 0.104. The highest BCUT2D eigenvalue weighted by molar-refractivity contribution is 5.45. The van der Waals surface area contributed by atoms with Gasteiger partial charge in [0.15, 0.2) is 0 Å². The van der Waals surface area contributed by atoms with Gasteiger partial charge < -0.3 is 5.73 Å². The van der Waals surface area contributed by atoms with E-state index in [-0.39, 0.29) is 17.8 Å².